The quantitative estimate of drug-likeness (QED) is 0.652. The molecule has 0 radical (unpaired) electrons. The molecule has 1 atom stereocenters. The summed E-state index contributed by atoms with van der Waals surface area (Å²) >= 11 is 0. The monoisotopic (exact) mass is 444 g/mol. The molecule has 2 aromatic rings. The second-order valence-electron chi connectivity index (χ2n) is 7.77. The second-order valence-corrected chi connectivity index (χ2v) is 9.42. The van der Waals surface area contributed by atoms with Gasteiger partial charge < -0.3 is 14.8 Å². The van der Waals surface area contributed by atoms with E-state index in [9.17, 15) is 13.2 Å². The molecule has 0 bridgehead atoms. The molecule has 2 N–H and O–H groups in total. The normalized spacial score (nSPS) is 14.6. The van der Waals surface area contributed by atoms with Crippen molar-refractivity contribution in [2.24, 2.45) is 5.92 Å². The summed E-state index contributed by atoms with van der Waals surface area (Å²) in [6, 6.07) is 12.7. The van der Waals surface area contributed by atoms with Gasteiger partial charge in [0.1, 0.15) is 13.2 Å². The standard InChI is InChI=1S/C23H28N2O5S/c1-16(2)23(19-8-9-20-21(14-19)30-12-11-29-20)25-22(26)15-24-31(27,28)13-10-18-6-4-17(3)5-7-18/h4-10,13-14,16,23-24H,11-12,15H2,1-3H3,(H,25,26)/b13-10+. The molecule has 1 heterocycles. The lowest BCUT2D eigenvalue weighted by atomic mass is 9.95. The minimum absolute atomic E-state index is 0.0875. The van der Waals surface area contributed by atoms with E-state index in [4.69, 9.17) is 9.47 Å². The molecular formula is C23H28N2O5S. The molecule has 3 rings (SSSR count). The van der Waals surface area contributed by atoms with Gasteiger partial charge in [0.05, 0.1) is 12.6 Å². The maximum atomic E-state index is 12.5. The minimum atomic E-state index is -3.75. The van der Waals surface area contributed by atoms with Crippen molar-refractivity contribution < 1.29 is 22.7 Å². The summed E-state index contributed by atoms with van der Waals surface area (Å²) in [5.74, 6) is 0.994. The van der Waals surface area contributed by atoms with Crippen LogP contribution in [0.1, 0.15) is 36.6 Å². The summed E-state index contributed by atoms with van der Waals surface area (Å²) in [7, 11) is -3.75. The molecule has 2 aromatic carbocycles. The number of aryl methyl sites for hydroxylation is 1. The number of benzene rings is 2. The number of carbonyl (C=O) groups excluding carboxylic acids is 1. The van der Waals surface area contributed by atoms with Crippen LogP contribution in [0.15, 0.2) is 47.9 Å². The number of sulfonamides is 1. The molecule has 1 unspecified atom stereocenters. The van der Waals surface area contributed by atoms with Gasteiger partial charge in [0.25, 0.3) is 0 Å². The number of carbonyl (C=O) groups is 1. The summed E-state index contributed by atoms with van der Waals surface area (Å²) in [6.45, 7) is 6.56. The Balaban J connectivity index is 1.60. The van der Waals surface area contributed by atoms with Crippen LogP contribution < -0.4 is 19.5 Å². The van der Waals surface area contributed by atoms with Crippen molar-refractivity contribution in [2.75, 3.05) is 19.8 Å². The van der Waals surface area contributed by atoms with E-state index in [0.717, 1.165) is 22.1 Å². The maximum Gasteiger partial charge on any atom is 0.235 e. The molecule has 0 aliphatic carbocycles. The predicted molar refractivity (Wildman–Crippen MR) is 120 cm³/mol. The first-order valence-corrected chi connectivity index (χ1v) is 11.7. The van der Waals surface area contributed by atoms with Crippen LogP contribution in [0.3, 0.4) is 0 Å². The third kappa shape index (κ3) is 6.57. The molecule has 0 saturated carbocycles. The van der Waals surface area contributed by atoms with E-state index in [0.29, 0.717) is 24.7 Å². The number of hydrogen-bond acceptors (Lipinski definition) is 5. The second kappa shape index (κ2) is 9.98. The summed E-state index contributed by atoms with van der Waals surface area (Å²) in [5, 5.41) is 3.97. The third-order valence-electron chi connectivity index (χ3n) is 4.86. The molecule has 166 valence electrons. The van der Waals surface area contributed by atoms with Gasteiger partial charge in [0, 0.05) is 5.41 Å². The van der Waals surface area contributed by atoms with Crippen molar-refractivity contribution in [3.8, 4) is 11.5 Å². The number of ether oxygens (including phenoxy) is 2. The summed E-state index contributed by atoms with van der Waals surface area (Å²) in [4.78, 5) is 12.5. The highest BCUT2D eigenvalue weighted by atomic mass is 32.2. The Morgan fingerprint density at radius 1 is 1.06 bits per heavy atom. The van der Waals surface area contributed by atoms with Gasteiger partial charge in [-0.1, -0.05) is 49.7 Å². The number of amides is 1. The number of hydrogen-bond donors (Lipinski definition) is 2. The Morgan fingerprint density at radius 3 is 2.42 bits per heavy atom. The van der Waals surface area contributed by atoms with Crippen LogP contribution >= 0.6 is 0 Å². The van der Waals surface area contributed by atoms with Gasteiger partial charge in [0.15, 0.2) is 11.5 Å². The van der Waals surface area contributed by atoms with Gasteiger partial charge in [-0.05, 0) is 42.2 Å². The van der Waals surface area contributed by atoms with Crippen LogP contribution in [-0.2, 0) is 14.8 Å². The molecule has 1 aliphatic rings. The highest BCUT2D eigenvalue weighted by molar-refractivity contribution is 7.92. The largest absolute Gasteiger partial charge is 0.486 e. The average Bonchev–Trinajstić information content (AvgIpc) is 2.75. The Labute approximate surface area is 183 Å². The SMILES string of the molecule is Cc1ccc(/C=C/S(=O)(=O)NCC(=O)NC(c2ccc3c(c2)OCCO3)C(C)C)cc1. The van der Waals surface area contributed by atoms with Crippen LogP contribution in [0, 0.1) is 12.8 Å². The fourth-order valence-corrected chi connectivity index (χ4v) is 3.94. The third-order valence-corrected chi connectivity index (χ3v) is 5.90. The van der Waals surface area contributed by atoms with E-state index in [1.54, 1.807) is 0 Å². The molecular weight excluding hydrogens is 416 g/mol. The molecule has 0 saturated heterocycles. The van der Waals surface area contributed by atoms with E-state index in [1.807, 2.05) is 63.2 Å². The zero-order valence-electron chi connectivity index (χ0n) is 17.9. The zero-order chi connectivity index (χ0) is 22.4. The predicted octanol–water partition coefficient (Wildman–Crippen LogP) is 3.17. The first-order valence-electron chi connectivity index (χ1n) is 10.2. The summed E-state index contributed by atoms with van der Waals surface area (Å²) in [6.07, 6.45) is 1.49. The van der Waals surface area contributed by atoms with E-state index >= 15 is 0 Å². The molecule has 1 aliphatic heterocycles. The van der Waals surface area contributed by atoms with Gasteiger partial charge in [-0.25, -0.2) is 13.1 Å². The Hall–Kier alpha value is -2.84. The molecule has 0 fully saturated rings. The number of rotatable bonds is 8. The van der Waals surface area contributed by atoms with Crippen molar-refractivity contribution >= 4 is 22.0 Å². The van der Waals surface area contributed by atoms with Crippen molar-refractivity contribution in [3.63, 3.8) is 0 Å². The van der Waals surface area contributed by atoms with Crippen LogP contribution in [0.4, 0.5) is 0 Å². The lowest BCUT2D eigenvalue weighted by Crippen LogP contribution is -2.39. The fraction of sp³-hybridized carbons (Fsp3) is 0.348. The molecule has 0 spiro atoms. The van der Waals surface area contributed by atoms with Crippen LogP contribution in [0.5, 0.6) is 11.5 Å². The lowest BCUT2D eigenvalue weighted by molar-refractivity contribution is -0.121. The zero-order valence-corrected chi connectivity index (χ0v) is 18.7. The highest BCUT2D eigenvalue weighted by Crippen LogP contribution is 2.34. The summed E-state index contributed by atoms with van der Waals surface area (Å²) in [5.41, 5.74) is 2.72. The van der Waals surface area contributed by atoms with Gasteiger partial charge in [-0.15, -0.1) is 0 Å². The first-order chi connectivity index (χ1) is 14.7. The van der Waals surface area contributed by atoms with Gasteiger partial charge in [-0.3, -0.25) is 4.79 Å². The van der Waals surface area contributed by atoms with E-state index in [2.05, 4.69) is 10.0 Å². The molecule has 7 nitrogen and oxygen atoms in total. The molecule has 0 aromatic heterocycles. The van der Waals surface area contributed by atoms with Gasteiger partial charge in [0.2, 0.25) is 15.9 Å². The van der Waals surface area contributed by atoms with Crippen molar-refractivity contribution in [1.29, 1.82) is 0 Å². The molecule has 31 heavy (non-hydrogen) atoms. The molecule has 1 amide bonds. The average molecular weight is 445 g/mol. The van der Waals surface area contributed by atoms with E-state index in [1.165, 1.54) is 6.08 Å². The Bertz CT molecular complexity index is 1050. The van der Waals surface area contributed by atoms with E-state index < -0.39 is 15.9 Å². The van der Waals surface area contributed by atoms with Crippen molar-refractivity contribution in [1.82, 2.24) is 10.0 Å². The minimum Gasteiger partial charge on any atom is -0.486 e. The van der Waals surface area contributed by atoms with Crippen LogP contribution in [0.2, 0.25) is 0 Å². The number of fused-ring (bicyclic) bond motifs is 1. The van der Waals surface area contributed by atoms with Gasteiger partial charge >= 0.3 is 0 Å². The number of nitrogens with one attached hydrogen (secondary N) is 2. The Morgan fingerprint density at radius 2 is 1.74 bits per heavy atom. The van der Waals surface area contributed by atoms with Crippen LogP contribution in [-0.4, -0.2) is 34.1 Å². The highest BCUT2D eigenvalue weighted by Gasteiger charge is 2.22. The van der Waals surface area contributed by atoms with Gasteiger partial charge in [-0.2, -0.15) is 0 Å². The van der Waals surface area contributed by atoms with E-state index in [-0.39, 0.29) is 18.5 Å². The maximum absolute atomic E-state index is 12.5. The topological polar surface area (TPSA) is 93.7 Å². The van der Waals surface area contributed by atoms with Crippen LogP contribution in [0.25, 0.3) is 6.08 Å². The summed E-state index contributed by atoms with van der Waals surface area (Å²) < 4.78 is 37.9. The Kier molecular flexibility index (Phi) is 7.35. The fourth-order valence-electron chi connectivity index (χ4n) is 3.17. The van der Waals surface area contributed by atoms with Crippen molar-refractivity contribution in [3.05, 3.63) is 64.6 Å². The lowest BCUT2D eigenvalue weighted by Gasteiger charge is -2.25. The smallest absolute Gasteiger partial charge is 0.235 e. The van der Waals surface area contributed by atoms with Crippen molar-refractivity contribution in [2.45, 2.75) is 26.8 Å². The molecule has 8 heteroatoms. The first kappa shape index (κ1) is 22.8.